The number of carbonyl (C=O) groups is 1. The number of anilines is 1. The highest BCUT2D eigenvalue weighted by atomic mass is 16.5. The number of nitrogens with zero attached hydrogens (tertiary/aromatic N) is 1. The summed E-state index contributed by atoms with van der Waals surface area (Å²) in [6.07, 6.45) is 0.337. The van der Waals surface area contributed by atoms with Crippen LogP contribution < -0.4 is 5.32 Å². The van der Waals surface area contributed by atoms with Gasteiger partial charge in [-0.3, -0.25) is 9.69 Å². The Bertz CT molecular complexity index is 523. The third-order valence-corrected chi connectivity index (χ3v) is 4.30. The minimum Gasteiger partial charge on any atom is -0.373 e. The highest BCUT2D eigenvalue weighted by Gasteiger charge is 2.29. The van der Waals surface area contributed by atoms with Gasteiger partial charge in [-0.25, -0.2) is 0 Å². The first kappa shape index (κ1) is 17.0. The van der Waals surface area contributed by atoms with E-state index in [1.807, 2.05) is 20.8 Å². The summed E-state index contributed by atoms with van der Waals surface area (Å²) >= 11 is 0. The monoisotopic (exact) mass is 304 g/mol. The summed E-state index contributed by atoms with van der Waals surface area (Å²) in [5.74, 6) is 0.0522. The topological polar surface area (TPSA) is 41.6 Å². The second kappa shape index (κ2) is 6.80. The quantitative estimate of drug-likeness (QED) is 0.933. The summed E-state index contributed by atoms with van der Waals surface area (Å²) in [5.41, 5.74) is 4.39. The van der Waals surface area contributed by atoms with Crippen LogP contribution in [0.15, 0.2) is 12.1 Å². The van der Waals surface area contributed by atoms with Crippen molar-refractivity contribution in [2.75, 3.05) is 18.4 Å². The van der Waals surface area contributed by atoms with Crippen molar-refractivity contribution in [3.63, 3.8) is 0 Å². The molecule has 1 amide bonds. The van der Waals surface area contributed by atoms with Crippen LogP contribution in [-0.2, 0) is 9.53 Å². The summed E-state index contributed by atoms with van der Waals surface area (Å²) in [7, 11) is 0. The molecule has 1 N–H and O–H groups in total. The van der Waals surface area contributed by atoms with Gasteiger partial charge in [0.25, 0.3) is 0 Å². The average molecular weight is 304 g/mol. The molecule has 0 radical (unpaired) electrons. The maximum Gasteiger partial charge on any atom is 0.241 e. The molecule has 1 aromatic rings. The maximum absolute atomic E-state index is 12.6. The van der Waals surface area contributed by atoms with Gasteiger partial charge in [0.2, 0.25) is 5.91 Å². The molecule has 3 atom stereocenters. The summed E-state index contributed by atoms with van der Waals surface area (Å²) in [6, 6.07) is 4.05. The van der Waals surface area contributed by atoms with E-state index in [-0.39, 0.29) is 24.2 Å². The minimum atomic E-state index is -0.158. The van der Waals surface area contributed by atoms with Crippen molar-refractivity contribution in [1.82, 2.24) is 4.90 Å². The zero-order chi connectivity index (χ0) is 16.4. The predicted molar refractivity (Wildman–Crippen MR) is 90.3 cm³/mol. The highest BCUT2D eigenvalue weighted by Crippen LogP contribution is 2.23. The van der Waals surface area contributed by atoms with Gasteiger partial charge >= 0.3 is 0 Å². The lowest BCUT2D eigenvalue weighted by molar-refractivity contribution is -0.126. The fraction of sp³-hybridized carbons (Fsp3) is 0.611. The first-order valence-electron chi connectivity index (χ1n) is 8.06. The summed E-state index contributed by atoms with van der Waals surface area (Å²) < 4.78 is 5.74. The third-order valence-electron chi connectivity index (χ3n) is 4.30. The predicted octanol–water partition coefficient (Wildman–Crippen LogP) is 3.05. The van der Waals surface area contributed by atoms with Gasteiger partial charge in [0.05, 0.1) is 18.2 Å². The van der Waals surface area contributed by atoms with E-state index in [0.717, 1.165) is 29.9 Å². The van der Waals surface area contributed by atoms with Gasteiger partial charge < -0.3 is 10.1 Å². The van der Waals surface area contributed by atoms with Crippen LogP contribution in [-0.4, -0.2) is 42.1 Å². The molecular formula is C18H28N2O2. The molecule has 0 saturated carbocycles. The molecule has 1 fully saturated rings. The number of amides is 1. The number of ether oxygens (including phenoxy) is 1. The van der Waals surface area contributed by atoms with Crippen molar-refractivity contribution in [3.05, 3.63) is 28.8 Å². The smallest absolute Gasteiger partial charge is 0.241 e. The standard InChI is InChI=1S/C18H28N2O2/c1-11-7-12(2)17(13(3)8-11)19-18(21)16(6)20-9-14(4)22-15(5)10-20/h7-8,14-16H,9-10H2,1-6H3,(H,19,21)/t14-,15-,16+/m1/s1. The molecule has 1 heterocycles. The van der Waals surface area contributed by atoms with Crippen molar-refractivity contribution < 1.29 is 9.53 Å². The molecule has 0 aliphatic carbocycles. The van der Waals surface area contributed by atoms with E-state index >= 15 is 0 Å². The first-order valence-corrected chi connectivity index (χ1v) is 8.06. The highest BCUT2D eigenvalue weighted by molar-refractivity contribution is 5.96. The van der Waals surface area contributed by atoms with E-state index in [0.29, 0.717) is 0 Å². The van der Waals surface area contributed by atoms with Crippen molar-refractivity contribution in [3.8, 4) is 0 Å². The lowest BCUT2D eigenvalue weighted by Gasteiger charge is -2.38. The second-order valence-electron chi connectivity index (χ2n) is 6.65. The second-order valence-corrected chi connectivity index (χ2v) is 6.65. The van der Waals surface area contributed by atoms with Gasteiger partial charge in [-0.05, 0) is 52.7 Å². The fourth-order valence-electron chi connectivity index (χ4n) is 3.30. The molecular weight excluding hydrogens is 276 g/mol. The van der Waals surface area contributed by atoms with Crippen molar-refractivity contribution in [2.24, 2.45) is 0 Å². The number of hydrogen-bond donors (Lipinski definition) is 1. The van der Waals surface area contributed by atoms with Gasteiger partial charge in [-0.2, -0.15) is 0 Å². The van der Waals surface area contributed by atoms with Gasteiger partial charge in [0, 0.05) is 18.8 Å². The maximum atomic E-state index is 12.6. The van der Waals surface area contributed by atoms with E-state index < -0.39 is 0 Å². The Kier molecular flexibility index (Phi) is 5.24. The van der Waals surface area contributed by atoms with E-state index in [9.17, 15) is 4.79 Å². The molecule has 22 heavy (non-hydrogen) atoms. The molecule has 1 aromatic carbocycles. The van der Waals surface area contributed by atoms with Crippen LogP contribution in [0.4, 0.5) is 5.69 Å². The Balaban J connectivity index is 2.09. The van der Waals surface area contributed by atoms with Crippen LogP contribution in [0, 0.1) is 20.8 Å². The summed E-state index contributed by atoms with van der Waals surface area (Å²) in [5, 5.41) is 3.11. The fourth-order valence-corrected chi connectivity index (χ4v) is 3.30. The molecule has 0 unspecified atom stereocenters. The van der Waals surface area contributed by atoms with E-state index in [1.165, 1.54) is 5.56 Å². The van der Waals surface area contributed by atoms with Gasteiger partial charge in [-0.1, -0.05) is 17.7 Å². The third kappa shape index (κ3) is 3.87. The molecule has 1 aliphatic rings. The molecule has 0 aromatic heterocycles. The average Bonchev–Trinajstić information content (AvgIpc) is 2.40. The SMILES string of the molecule is Cc1cc(C)c(NC(=O)[C@H](C)N2C[C@@H](C)O[C@H](C)C2)c(C)c1. The number of hydrogen-bond acceptors (Lipinski definition) is 3. The zero-order valence-corrected chi connectivity index (χ0v) is 14.6. The Morgan fingerprint density at radius 1 is 1.18 bits per heavy atom. The number of rotatable bonds is 3. The molecule has 1 saturated heterocycles. The molecule has 4 heteroatoms. The van der Waals surface area contributed by atoms with Crippen LogP contribution in [0.25, 0.3) is 0 Å². The number of benzene rings is 1. The van der Waals surface area contributed by atoms with Gasteiger partial charge in [0.1, 0.15) is 0 Å². The number of nitrogens with one attached hydrogen (secondary N) is 1. The van der Waals surface area contributed by atoms with Crippen LogP contribution in [0.1, 0.15) is 37.5 Å². The Hall–Kier alpha value is -1.39. The van der Waals surface area contributed by atoms with Gasteiger partial charge in [0.15, 0.2) is 0 Å². The van der Waals surface area contributed by atoms with Crippen LogP contribution >= 0.6 is 0 Å². The Morgan fingerprint density at radius 3 is 2.18 bits per heavy atom. The van der Waals surface area contributed by atoms with Crippen molar-refractivity contribution in [1.29, 1.82) is 0 Å². The van der Waals surface area contributed by atoms with E-state index in [2.05, 4.69) is 43.1 Å². The molecule has 122 valence electrons. The molecule has 4 nitrogen and oxygen atoms in total. The molecule has 0 spiro atoms. The van der Waals surface area contributed by atoms with Crippen LogP contribution in [0.2, 0.25) is 0 Å². The lowest BCUT2D eigenvalue weighted by Crippen LogP contribution is -2.52. The normalized spacial score (nSPS) is 24.1. The molecule has 1 aliphatic heterocycles. The minimum absolute atomic E-state index is 0.0522. The Morgan fingerprint density at radius 2 is 1.68 bits per heavy atom. The van der Waals surface area contributed by atoms with E-state index in [1.54, 1.807) is 0 Å². The van der Waals surface area contributed by atoms with Crippen LogP contribution in [0.3, 0.4) is 0 Å². The number of carbonyl (C=O) groups excluding carboxylic acids is 1. The zero-order valence-electron chi connectivity index (χ0n) is 14.6. The summed E-state index contributed by atoms with van der Waals surface area (Å²) in [4.78, 5) is 14.8. The lowest BCUT2D eigenvalue weighted by atomic mass is 10.0. The van der Waals surface area contributed by atoms with Gasteiger partial charge in [-0.15, -0.1) is 0 Å². The molecule has 0 bridgehead atoms. The number of aryl methyl sites for hydroxylation is 3. The van der Waals surface area contributed by atoms with Crippen molar-refractivity contribution >= 4 is 11.6 Å². The van der Waals surface area contributed by atoms with Crippen LogP contribution in [0.5, 0.6) is 0 Å². The Labute approximate surface area is 133 Å². The number of morpholine rings is 1. The van der Waals surface area contributed by atoms with E-state index in [4.69, 9.17) is 4.74 Å². The molecule has 2 rings (SSSR count). The first-order chi connectivity index (χ1) is 10.3. The van der Waals surface area contributed by atoms with Crippen molar-refractivity contribution in [2.45, 2.75) is 59.8 Å². The summed E-state index contributed by atoms with van der Waals surface area (Å²) in [6.45, 7) is 13.8. The largest absolute Gasteiger partial charge is 0.373 e.